The molecule has 1 aromatic rings. The van der Waals surface area contributed by atoms with Crippen molar-refractivity contribution >= 4 is 11.6 Å². The van der Waals surface area contributed by atoms with Crippen LogP contribution in [0.2, 0.25) is 5.02 Å². The molecular weight excluding hydrogens is 278 g/mol. The van der Waals surface area contributed by atoms with Crippen LogP contribution in [-0.2, 0) is 6.42 Å². The van der Waals surface area contributed by atoms with Gasteiger partial charge in [-0.15, -0.1) is 0 Å². The largest absolute Gasteiger partial charge is 0.314 e. The van der Waals surface area contributed by atoms with E-state index in [-0.39, 0.29) is 0 Å². The lowest BCUT2D eigenvalue weighted by Gasteiger charge is -2.25. The third kappa shape index (κ3) is 5.64. The van der Waals surface area contributed by atoms with Crippen molar-refractivity contribution in [1.29, 1.82) is 0 Å². The molecule has 0 aromatic heterocycles. The first kappa shape index (κ1) is 16.8. The van der Waals surface area contributed by atoms with Gasteiger partial charge in [-0.25, -0.2) is 0 Å². The van der Waals surface area contributed by atoms with Gasteiger partial charge in [0.25, 0.3) is 0 Å². The summed E-state index contributed by atoms with van der Waals surface area (Å²) in [5.41, 5.74) is 2.53. The molecule has 2 heteroatoms. The summed E-state index contributed by atoms with van der Waals surface area (Å²) >= 11 is 6.39. The van der Waals surface area contributed by atoms with E-state index < -0.39 is 0 Å². The van der Waals surface area contributed by atoms with Crippen LogP contribution in [-0.4, -0.2) is 12.6 Å². The quantitative estimate of drug-likeness (QED) is 0.698. The lowest BCUT2D eigenvalue weighted by Crippen LogP contribution is -2.31. The maximum Gasteiger partial charge on any atom is 0.0441 e. The van der Waals surface area contributed by atoms with Gasteiger partial charge in [0.1, 0.15) is 0 Å². The Morgan fingerprint density at radius 2 is 2.00 bits per heavy atom. The fraction of sp³-hybridized carbons (Fsp3) is 0.684. The van der Waals surface area contributed by atoms with Gasteiger partial charge in [0.05, 0.1) is 0 Å². The number of hydrogen-bond acceptors (Lipinski definition) is 1. The molecule has 1 nitrogen and oxygen atoms in total. The highest BCUT2D eigenvalue weighted by atomic mass is 35.5. The van der Waals surface area contributed by atoms with Crippen LogP contribution < -0.4 is 5.32 Å². The van der Waals surface area contributed by atoms with E-state index in [1.54, 1.807) is 0 Å². The maximum absolute atomic E-state index is 6.39. The lowest BCUT2D eigenvalue weighted by molar-refractivity contribution is 0.313. The fourth-order valence-corrected chi connectivity index (χ4v) is 3.87. The molecule has 1 fully saturated rings. The molecule has 21 heavy (non-hydrogen) atoms. The summed E-state index contributed by atoms with van der Waals surface area (Å²) in [5, 5.41) is 4.58. The number of nitrogens with one attached hydrogen (secondary N) is 1. The molecule has 0 aliphatic heterocycles. The summed E-state index contributed by atoms with van der Waals surface area (Å²) in [4.78, 5) is 0. The number of hydrogen-bond donors (Lipinski definition) is 1. The molecule has 1 N–H and O–H groups in total. The average molecular weight is 308 g/mol. The van der Waals surface area contributed by atoms with Gasteiger partial charge in [-0.2, -0.15) is 0 Å². The molecule has 0 bridgehead atoms. The molecule has 1 saturated carbocycles. The van der Waals surface area contributed by atoms with Crippen LogP contribution in [0.1, 0.15) is 63.0 Å². The second-order valence-electron chi connectivity index (χ2n) is 6.63. The summed E-state index contributed by atoms with van der Waals surface area (Å²) in [6.45, 7) is 5.34. The van der Waals surface area contributed by atoms with Crippen molar-refractivity contribution in [2.45, 2.75) is 71.3 Å². The Labute approximate surface area is 135 Å². The van der Waals surface area contributed by atoms with Crippen LogP contribution in [0, 0.1) is 12.8 Å². The monoisotopic (exact) mass is 307 g/mol. The van der Waals surface area contributed by atoms with Crippen LogP contribution in [0.3, 0.4) is 0 Å². The maximum atomic E-state index is 6.39. The highest BCUT2D eigenvalue weighted by Crippen LogP contribution is 2.28. The number of likely N-dealkylation sites (N-methyl/N-ethyl adjacent to an activating group) is 1. The van der Waals surface area contributed by atoms with Gasteiger partial charge in [-0.3, -0.25) is 0 Å². The van der Waals surface area contributed by atoms with Gasteiger partial charge in [0.15, 0.2) is 0 Å². The third-order valence-electron chi connectivity index (χ3n) is 4.82. The molecule has 1 atom stereocenters. The van der Waals surface area contributed by atoms with Gasteiger partial charge in [-0.05, 0) is 55.8 Å². The van der Waals surface area contributed by atoms with Gasteiger partial charge in [0, 0.05) is 11.1 Å². The molecule has 1 aliphatic rings. The van der Waals surface area contributed by atoms with Crippen molar-refractivity contribution < 1.29 is 0 Å². The third-order valence-corrected chi connectivity index (χ3v) is 5.17. The van der Waals surface area contributed by atoms with E-state index in [9.17, 15) is 0 Å². The molecule has 0 spiro atoms. The number of aryl methyl sites for hydroxylation is 1. The number of rotatable bonds is 7. The smallest absolute Gasteiger partial charge is 0.0441 e. The molecule has 0 radical (unpaired) electrons. The Bertz CT molecular complexity index is 424. The van der Waals surface area contributed by atoms with E-state index in [0.29, 0.717) is 6.04 Å². The van der Waals surface area contributed by atoms with Gasteiger partial charge in [-0.1, -0.05) is 62.8 Å². The zero-order chi connectivity index (χ0) is 15.1. The van der Waals surface area contributed by atoms with Crippen molar-refractivity contribution in [2.24, 2.45) is 5.92 Å². The number of benzene rings is 1. The van der Waals surface area contributed by atoms with Crippen LogP contribution in [0.15, 0.2) is 18.2 Å². The standard InChI is InChI=1S/C19H30ClN/c1-3-21-18(12-10-16-7-5-4-6-8-16)14-17-11-9-15(2)13-19(17)20/h9,11,13,16,18,21H,3-8,10,12,14H2,1-2H3. The zero-order valence-electron chi connectivity index (χ0n) is 13.6. The zero-order valence-corrected chi connectivity index (χ0v) is 14.4. The second-order valence-corrected chi connectivity index (χ2v) is 7.04. The molecule has 2 rings (SSSR count). The average Bonchev–Trinajstić information content (AvgIpc) is 2.49. The summed E-state index contributed by atoms with van der Waals surface area (Å²) in [5.74, 6) is 0.966. The Morgan fingerprint density at radius 1 is 1.24 bits per heavy atom. The van der Waals surface area contributed by atoms with Crippen molar-refractivity contribution in [3.63, 3.8) is 0 Å². The highest BCUT2D eigenvalue weighted by Gasteiger charge is 2.17. The molecule has 0 heterocycles. The summed E-state index contributed by atoms with van der Waals surface area (Å²) in [6, 6.07) is 7.02. The Morgan fingerprint density at radius 3 is 2.67 bits per heavy atom. The van der Waals surface area contributed by atoms with E-state index in [0.717, 1.165) is 23.9 Å². The minimum Gasteiger partial charge on any atom is -0.314 e. The molecule has 0 amide bonds. The van der Waals surface area contributed by atoms with Crippen molar-refractivity contribution in [1.82, 2.24) is 5.32 Å². The molecule has 118 valence electrons. The van der Waals surface area contributed by atoms with E-state index in [1.807, 2.05) is 0 Å². The predicted octanol–water partition coefficient (Wildman–Crippen LogP) is 5.53. The molecule has 1 unspecified atom stereocenters. The van der Waals surface area contributed by atoms with E-state index >= 15 is 0 Å². The van der Waals surface area contributed by atoms with E-state index in [2.05, 4.69) is 37.4 Å². The van der Waals surface area contributed by atoms with Crippen LogP contribution in [0.5, 0.6) is 0 Å². The fourth-order valence-electron chi connectivity index (χ4n) is 3.56. The van der Waals surface area contributed by atoms with Crippen LogP contribution in [0.4, 0.5) is 0 Å². The minimum absolute atomic E-state index is 0.567. The molecule has 0 saturated heterocycles. The second kappa shape index (κ2) is 8.80. The first-order valence-electron chi connectivity index (χ1n) is 8.67. The summed E-state index contributed by atoms with van der Waals surface area (Å²) < 4.78 is 0. The van der Waals surface area contributed by atoms with Crippen molar-refractivity contribution in [3.05, 3.63) is 34.3 Å². The van der Waals surface area contributed by atoms with E-state index in [1.165, 1.54) is 56.1 Å². The number of halogens is 1. The minimum atomic E-state index is 0.567. The first-order valence-corrected chi connectivity index (χ1v) is 9.05. The molecular formula is C19H30ClN. The molecule has 1 aliphatic carbocycles. The van der Waals surface area contributed by atoms with Gasteiger partial charge in [0.2, 0.25) is 0 Å². The highest BCUT2D eigenvalue weighted by molar-refractivity contribution is 6.31. The topological polar surface area (TPSA) is 12.0 Å². The predicted molar refractivity (Wildman–Crippen MR) is 93.2 cm³/mol. The van der Waals surface area contributed by atoms with Crippen LogP contribution in [0.25, 0.3) is 0 Å². The van der Waals surface area contributed by atoms with Gasteiger partial charge >= 0.3 is 0 Å². The SMILES string of the molecule is CCNC(CCC1CCCCC1)Cc1ccc(C)cc1Cl. The Kier molecular flexibility index (Phi) is 7.06. The lowest BCUT2D eigenvalue weighted by atomic mass is 9.84. The Hall–Kier alpha value is -0.530. The van der Waals surface area contributed by atoms with Crippen molar-refractivity contribution in [2.75, 3.05) is 6.54 Å². The Balaban J connectivity index is 1.88. The van der Waals surface area contributed by atoms with E-state index in [4.69, 9.17) is 11.6 Å². The van der Waals surface area contributed by atoms with Crippen molar-refractivity contribution in [3.8, 4) is 0 Å². The van der Waals surface area contributed by atoms with Crippen LogP contribution >= 0.6 is 11.6 Å². The summed E-state index contributed by atoms with van der Waals surface area (Å²) in [7, 11) is 0. The molecule has 1 aromatic carbocycles. The first-order chi connectivity index (χ1) is 10.2. The van der Waals surface area contributed by atoms with Gasteiger partial charge < -0.3 is 5.32 Å². The summed E-state index contributed by atoms with van der Waals surface area (Å²) in [6.07, 6.45) is 10.9. The normalized spacial score (nSPS) is 17.9.